The minimum atomic E-state index is -4.80. The molecule has 0 aliphatic carbocycles. The summed E-state index contributed by atoms with van der Waals surface area (Å²) in [4.78, 5) is 12.2. The van der Waals surface area contributed by atoms with Crippen LogP contribution in [0.1, 0.15) is 31.9 Å². The van der Waals surface area contributed by atoms with E-state index in [1.807, 2.05) is 4.72 Å². The van der Waals surface area contributed by atoms with Crippen molar-refractivity contribution in [2.75, 3.05) is 5.73 Å². The molecular formula is C25H25F3N2O6S2. The minimum absolute atomic E-state index is 0.0299. The van der Waals surface area contributed by atoms with Gasteiger partial charge in [0.25, 0.3) is 0 Å². The second-order valence-corrected chi connectivity index (χ2v) is 13.7. The topological polar surface area (TPSA) is 133 Å². The lowest BCUT2D eigenvalue weighted by molar-refractivity contribution is -0.137. The van der Waals surface area contributed by atoms with Crippen LogP contribution in [-0.2, 0) is 37.3 Å². The normalized spacial score (nSPS) is 12.7. The fraction of sp³-hybridized carbons (Fsp3) is 0.240. The molecule has 3 aromatic rings. The number of hydrogen-bond acceptors (Lipinski definition) is 7. The van der Waals surface area contributed by atoms with E-state index in [0.29, 0.717) is 12.1 Å². The quantitative estimate of drug-likeness (QED) is 0.394. The SMILES string of the molecule is CC(C)(C)S(=O)(=O)NC(=O)Cc1cc(Oc2ccc(S(=O)(=O)c3ccccc3)cc2N)cc(C(F)(F)F)c1. The number of ether oxygens (including phenoxy) is 1. The standard InChI is InChI=1S/C25H25F3N2O6S2/c1-24(2,3)38(34,35)30-23(31)13-16-11-17(25(26,27)28)14-18(12-16)36-22-10-9-20(15-21(22)29)37(32,33)19-7-5-4-6-8-19/h4-12,14-15H,13,29H2,1-3H3,(H,30,31). The van der Waals surface area contributed by atoms with Gasteiger partial charge in [-0.05, 0) is 74.9 Å². The molecule has 0 atom stereocenters. The molecule has 3 rings (SSSR count). The van der Waals surface area contributed by atoms with E-state index in [0.717, 1.165) is 12.1 Å². The van der Waals surface area contributed by atoms with E-state index in [4.69, 9.17) is 10.5 Å². The summed E-state index contributed by atoms with van der Waals surface area (Å²) in [6, 6.07) is 13.6. The molecule has 0 unspecified atom stereocenters. The van der Waals surface area contributed by atoms with E-state index in [1.165, 1.54) is 45.0 Å². The summed E-state index contributed by atoms with van der Waals surface area (Å²) in [5, 5.41) is 0. The van der Waals surface area contributed by atoms with Gasteiger partial charge in [0.15, 0.2) is 0 Å². The van der Waals surface area contributed by atoms with Gasteiger partial charge in [-0.25, -0.2) is 16.8 Å². The first kappa shape index (κ1) is 29.0. The Morgan fingerprint density at radius 3 is 2.08 bits per heavy atom. The highest BCUT2D eigenvalue weighted by Crippen LogP contribution is 2.36. The molecule has 3 aromatic carbocycles. The van der Waals surface area contributed by atoms with Gasteiger partial charge in [0.2, 0.25) is 25.8 Å². The number of alkyl halides is 3. The third kappa shape index (κ3) is 6.64. The highest BCUT2D eigenvalue weighted by atomic mass is 32.2. The van der Waals surface area contributed by atoms with Gasteiger partial charge >= 0.3 is 6.18 Å². The van der Waals surface area contributed by atoms with Crippen LogP contribution < -0.4 is 15.2 Å². The molecule has 0 fully saturated rings. The molecule has 0 bridgehead atoms. The predicted octanol–water partition coefficient (Wildman–Crippen LogP) is 4.70. The van der Waals surface area contributed by atoms with E-state index in [-0.39, 0.29) is 32.5 Å². The zero-order chi connectivity index (χ0) is 28.5. The third-order valence-corrected chi connectivity index (χ3v) is 9.16. The molecule has 0 radical (unpaired) electrons. The maximum Gasteiger partial charge on any atom is 0.416 e. The summed E-state index contributed by atoms with van der Waals surface area (Å²) in [5.74, 6) is -1.49. The Bertz CT molecular complexity index is 1560. The number of sulfonamides is 1. The molecule has 38 heavy (non-hydrogen) atoms. The second-order valence-electron chi connectivity index (χ2n) is 9.30. The maximum atomic E-state index is 13.5. The average Bonchev–Trinajstić information content (AvgIpc) is 2.79. The van der Waals surface area contributed by atoms with E-state index in [1.54, 1.807) is 18.2 Å². The van der Waals surface area contributed by atoms with Crippen molar-refractivity contribution in [2.24, 2.45) is 0 Å². The molecule has 0 aliphatic heterocycles. The van der Waals surface area contributed by atoms with Crippen molar-refractivity contribution >= 4 is 31.5 Å². The molecule has 204 valence electrons. The lowest BCUT2D eigenvalue weighted by Crippen LogP contribution is -2.43. The van der Waals surface area contributed by atoms with Crippen molar-refractivity contribution in [3.05, 3.63) is 77.9 Å². The van der Waals surface area contributed by atoms with Gasteiger partial charge in [-0.3, -0.25) is 9.52 Å². The van der Waals surface area contributed by atoms with Crippen molar-refractivity contribution < 1.29 is 39.5 Å². The van der Waals surface area contributed by atoms with Gasteiger partial charge in [-0.1, -0.05) is 18.2 Å². The van der Waals surface area contributed by atoms with Crippen molar-refractivity contribution in [3.8, 4) is 11.5 Å². The van der Waals surface area contributed by atoms with Crippen LogP contribution in [-0.4, -0.2) is 27.5 Å². The number of benzene rings is 3. The van der Waals surface area contributed by atoms with Crippen LogP contribution in [0.15, 0.2) is 76.5 Å². The number of nitrogen functional groups attached to an aromatic ring is 1. The monoisotopic (exact) mass is 570 g/mol. The summed E-state index contributed by atoms with van der Waals surface area (Å²) >= 11 is 0. The third-order valence-electron chi connectivity index (χ3n) is 5.29. The molecule has 0 saturated heterocycles. The molecule has 8 nitrogen and oxygen atoms in total. The summed E-state index contributed by atoms with van der Waals surface area (Å²) in [5.41, 5.74) is 4.49. The zero-order valence-electron chi connectivity index (χ0n) is 20.5. The predicted molar refractivity (Wildman–Crippen MR) is 135 cm³/mol. The molecule has 0 spiro atoms. The number of carbonyl (C=O) groups is 1. The number of carbonyl (C=O) groups excluding carboxylic acids is 1. The van der Waals surface area contributed by atoms with Crippen LogP contribution in [0.4, 0.5) is 18.9 Å². The Kier molecular flexibility index (Phi) is 7.85. The van der Waals surface area contributed by atoms with Crippen LogP contribution in [0.2, 0.25) is 0 Å². The van der Waals surface area contributed by atoms with Gasteiger partial charge in [0, 0.05) is 0 Å². The first-order valence-corrected chi connectivity index (χ1v) is 14.0. The van der Waals surface area contributed by atoms with Gasteiger partial charge < -0.3 is 10.5 Å². The second kappa shape index (κ2) is 10.3. The molecule has 13 heteroatoms. The molecule has 3 N–H and O–H groups in total. The van der Waals surface area contributed by atoms with E-state index < -0.39 is 48.7 Å². The van der Waals surface area contributed by atoms with E-state index in [2.05, 4.69) is 0 Å². The first-order chi connectivity index (χ1) is 17.4. The van der Waals surface area contributed by atoms with Crippen LogP contribution in [0.3, 0.4) is 0 Å². The van der Waals surface area contributed by atoms with Gasteiger partial charge in [-0.15, -0.1) is 0 Å². The number of rotatable bonds is 7. The van der Waals surface area contributed by atoms with Crippen LogP contribution in [0, 0.1) is 0 Å². The van der Waals surface area contributed by atoms with E-state index >= 15 is 0 Å². The molecular weight excluding hydrogens is 545 g/mol. The highest BCUT2D eigenvalue weighted by molar-refractivity contribution is 7.91. The lowest BCUT2D eigenvalue weighted by Gasteiger charge is -2.19. The molecule has 0 aliphatic rings. The number of amides is 1. The smallest absolute Gasteiger partial charge is 0.416 e. The average molecular weight is 571 g/mol. The van der Waals surface area contributed by atoms with Crippen LogP contribution in [0.5, 0.6) is 11.5 Å². The number of sulfone groups is 1. The fourth-order valence-corrected chi connectivity index (χ4v) is 5.15. The number of hydrogen-bond donors (Lipinski definition) is 2. The van der Waals surface area contributed by atoms with Crippen LogP contribution >= 0.6 is 0 Å². The maximum absolute atomic E-state index is 13.5. The fourth-order valence-electron chi connectivity index (χ4n) is 3.16. The summed E-state index contributed by atoms with van der Waals surface area (Å²) in [6.07, 6.45) is -5.49. The van der Waals surface area contributed by atoms with Gasteiger partial charge in [0.1, 0.15) is 11.5 Å². The molecule has 0 heterocycles. The molecule has 1 amide bonds. The van der Waals surface area contributed by atoms with E-state index in [9.17, 15) is 34.8 Å². The summed E-state index contributed by atoms with van der Waals surface area (Å²) < 4.78 is 96.7. The minimum Gasteiger partial charge on any atom is -0.455 e. The Hall–Kier alpha value is -3.58. The number of halogens is 3. The zero-order valence-corrected chi connectivity index (χ0v) is 22.2. The van der Waals surface area contributed by atoms with Crippen LogP contribution in [0.25, 0.3) is 0 Å². The number of anilines is 1. The number of nitrogens with one attached hydrogen (secondary N) is 1. The first-order valence-electron chi connectivity index (χ1n) is 11.0. The van der Waals surface area contributed by atoms with Crippen molar-refractivity contribution in [3.63, 3.8) is 0 Å². The Balaban J connectivity index is 1.92. The number of nitrogens with two attached hydrogens (primary N) is 1. The lowest BCUT2D eigenvalue weighted by atomic mass is 10.1. The van der Waals surface area contributed by atoms with Crippen molar-refractivity contribution in [1.29, 1.82) is 0 Å². The van der Waals surface area contributed by atoms with Gasteiger partial charge in [-0.2, -0.15) is 13.2 Å². The summed E-state index contributed by atoms with van der Waals surface area (Å²) in [6.45, 7) is 4.08. The summed E-state index contributed by atoms with van der Waals surface area (Å²) in [7, 11) is -7.98. The molecule has 0 saturated carbocycles. The van der Waals surface area contributed by atoms with Crippen molar-refractivity contribution in [2.45, 2.75) is 47.9 Å². The molecule has 0 aromatic heterocycles. The largest absolute Gasteiger partial charge is 0.455 e. The van der Waals surface area contributed by atoms with Gasteiger partial charge in [0.05, 0.1) is 32.2 Å². The Morgan fingerprint density at radius 1 is 0.895 bits per heavy atom. The Morgan fingerprint density at radius 2 is 1.53 bits per heavy atom. The van der Waals surface area contributed by atoms with Crippen molar-refractivity contribution in [1.82, 2.24) is 4.72 Å². The highest BCUT2D eigenvalue weighted by Gasteiger charge is 2.33. The Labute approximate surface area is 218 Å².